The highest BCUT2D eigenvalue weighted by Gasteiger charge is 2.65. The minimum Gasteiger partial charge on any atom is -0.464 e. The average molecular weight is 678 g/mol. The maximum absolute atomic E-state index is 16.5. The van der Waals surface area contributed by atoms with Crippen molar-refractivity contribution in [2.24, 2.45) is 5.41 Å². The quantitative estimate of drug-likeness (QED) is 0.127. The molecular weight excluding hydrogens is 639 g/mol. The molecule has 47 heavy (non-hydrogen) atoms. The number of fused-ring (bicyclic) bond motifs is 2. The maximum atomic E-state index is 16.5. The van der Waals surface area contributed by atoms with Crippen molar-refractivity contribution in [3.8, 4) is 5.75 Å². The van der Waals surface area contributed by atoms with E-state index >= 15 is 8.78 Å². The molecule has 0 saturated carbocycles. The smallest absolute Gasteiger partial charge is 0.459 e. The van der Waals surface area contributed by atoms with E-state index in [2.05, 4.69) is 25.4 Å². The first-order valence-electron chi connectivity index (χ1n) is 14.7. The van der Waals surface area contributed by atoms with Gasteiger partial charge in [0.05, 0.1) is 12.9 Å². The largest absolute Gasteiger partial charge is 0.464 e. The number of benzene rings is 2. The van der Waals surface area contributed by atoms with E-state index in [0.717, 1.165) is 23.2 Å². The van der Waals surface area contributed by atoms with Crippen LogP contribution >= 0.6 is 7.75 Å². The molecular formula is C30H38F2N7O7P. The molecule has 1 fully saturated rings. The first-order valence-corrected chi connectivity index (χ1v) is 16.3. The fourth-order valence-corrected chi connectivity index (χ4v) is 6.54. The van der Waals surface area contributed by atoms with Gasteiger partial charge in [-0.2, -0.15) is 15.1 Å². The number of carbonyl (C=O) groups excluding carboxylic acids is 1. The van der Waals surface area contributed by atoms with E-state index < -0.39 is 50.2 Å². The summed E-state index contributed by atoms with van der Waals surface area (Å²) in [6.45, 7) is 6.67. The topological polar surface area (TPSA) is 185 Å². The maximum Gasteiger partial charge on any atom is 0.459 e. The molecule has 0 unspecified atom stereocenters. The van der Waals surface area contributed by atoms with Gasteiger partial charge in [0.25, 0.3) is 5.85 Å². The molecule has 0 bridgehead atoms. The summed E-state index contributed by atoms with van der Waals surface area (Å²) in [4.78, 5) is 25.1. The first-order chi connectivity index (χ1) is 22.0. The van der Waals surface area contributed by atoms with E-state index in [1.807, 2.05) is 20.8 Å². The number of anilines is 2. The molecule has 0 aliphatic carbocycles. The van der Waals surface area contributed by atoms with Gasteiger partial charge < -0.3 is 30.2 Å². The molecule has 14 nitrogen and oxygen atoms in total. The van der Waals surface area contributed by atoms with E-state index in [1.165, 1.54) is 13.0 Å². The molecule has 17 heteroatoms. The molecule has 0 spiro atoms. The zero-order valence-electron chi connectivity index (χ0n) is 26.7. The fourth-order valence-electron chi connectivity index (χ4n) is 5.01. The number of nitrogen functional groups attached to an aromatic ring is 1. The van der Waals surface area contributed by atoms with Gasteiger partial charge in [-0.05, 0) is 30.7 Å². The number of rotatable bonds is 11. The Morgan fingerprint density at radius 1 is 1.21 bits per heavy atom. The monoisotopic (exact) mass is 677 g/mol. The molecule has 1 aliphatic heterocycles. The number of hydrogen-bond acceptors (Lipinski definition) is 12. The highest BCUT2D eigenvalue weighted by molar-refractivity contribution is 7.52. The van der Waals surface area contributed by atoms with Gasteiger partial charge in [0.1, 0.15) is 18.4 Å². The summed E-state index contributed by atoms with van der Waals surface area (Å²) in [5, 5.41) is 17.5. The molecule has 5 rings (SSSR count). The number of ether oxygens (including phenoxy) is 2. The van der Waals surface area contributed by atoms with Crippen LogP contribution in [0.3, 0.4) is 0 Å². The van der Waals surface area contributed by atoms with Crippen LogP contribution in [-0.2, 0) is 23.4 Å². The number of hydrogen-bond donors (Lipinski definition) is 4. The molecule has 0 radical (unpaired) electrons. The summed E-state index contributed by atoms with van der Waals surface area (Å²) in [6, 6.07) is 10.7. The van der Waals surface area contributed by atoms with Crippen molar-refractivity contribution in [1.29, 1.82) is 0 Å². The highest BCUT2D eigenvalue weighted by Crippen LogP contribution is 2.52. The van der Waals surface area contributed by atoms with Crippen LogP contribution in [0.4, 0.5) is 20.5 Å². The van der Waals surface area contributed by atoms with Crippen LogP contribution in [0.15, 0.2) is 48.8 Å². The third-order valence-corrected chi connectivity index (χ3v) is 9.02. The first kappa shape index (κ1) is 34.4. The Morgan fingerprint density at radius 2 is 1.91 bits per heavy atom. The summed E-state index contributed by atoms with van der Waals surface area (Å²) >= 11 is 0. The number of alkyl halides is 2. The van der Waals surface area contributed by atoms with E-state index in [4.69, 9.17) is 24.3 Å². The minimum atomic E-state index is -4.69. The van der Waals surface area contributed by atoms with Crippen LogP contribution in [0.2, 0.25) is 0 Å². The lowest BCUT2D eigenvalue weighted by Gasteiger charge is -2.28. The molecule has 0 amide bonds. The van der Waals surface area contributed by atoms with Gasteiger partial charge in [0.15, 0.2) is 35.0 Å². The van der Waals surface area contributed by atoms with Gasteiger partial charge in [0, 0.05) is 12.4 Å². The van der Waals surface area contributed by atoms with Crippen LogP contribution in [0, 0.1) is 5.41 Å². The SMILES string of the molecule is CNc1nc(N)nc2c1ncn2[C@@H]1O[C@](F)(CO[P@@](=O)(N[C@H](C)C(=O)OCC(C)(C)C)Oc2cccc3ccccc23)[C@@H](O)[C@@]1(C)F. The molecule has 2 aromatic heterocycles. The van der Waals surface area contributed by atoms with E-state index in [9.17, 15) is 14.5 Å². The molecule has 254 valence electrons. The van der Waals surface area contributed by atoms with Crippen molar-refractivity contribution in [3.63, 3.8) is 0 Å². The number of nitrogens with zero attached hydrogens (tertiary/aromatic N) is 4. The van der Waals surface area contributed by atoms with Gasteiger partial charge >= 0.3 is 13.7 Å². The van der Waals surface area contributed by atoms with Crippen molar-refractivity contribution >= 4 is 47.4 Å². The Labute approximate surface area is 269 Å². The number of nitrogens with two attached hydrogens (primary N) is 1. The van der Waals surface area contributed by atoms with Crippen molar-refractivity contribution in [1.82, 2.24) is 24.6 Å². The van der Waals surface area contributed by atoms with Crippen LogP contribution < -0.4 is 20.7 Å². The predicted molar refractivity (Wildman–Crippen MR) is 170 cm³/mol. The van der Waals surface area contributed by atoms with E-state index in [1.54, 1.807) is 43.4 Å². The second-order valence-corrected chi connectivity index (χ2v) is 14.4. The van der Waals surface area contributed by atoms with Crippen molar-refractivity contribution < 1.29 is 41.8 Å². The van der Waals surface area contributed by atoms with E-state index in [0.29, 0.717) is 5.39 Å². The molecule has 1 aliphatic rings. The predicted octanol–water partition coefficient (Wildman–Crippen LogP) is 4.66. The Hall–Kier alpha value is -3.95. The summed E-state index contributed by atoms with van der Waals surface area (Å²) < 4.78 is 70.2. The molecule has 2 aromatic carbocycles. The Bertz CT molecular complexity index is 1830. The van der Waals surface area contributed by atoms with E-state index in [-0.39, 0.29) is 40.7 Å². The summed E-state index contributed by atoms with van der Waals surface area (Å²) in [5.74, 6) is -3.91. The van der Waals surface area contributed by atoms with Crippen LogP contribution in [0.5, 0.6) is 5.75 Å². The van der Waals surface area contributed by atoms with Crippen LogP contribution in [-0.4, -0.2) is 74.5 Å². The van der Waals surface area contributed by atoms with Crippen LogP contribution in [0.1, 0.15) is 40.8 Å². The lowest BCUT2D eigenvalue weighted by molar-refractivity contribution is -0.202. The average Bonchev–Trinajstić information content (AvgIpc) is 3.50. The number of nitrogens with one attached hydrogen (secondary N) is 2. The molecule has 1 saturated heterocycles. The van der Waals surface area contributed by atoms with Gasteiger partial charge in [-0.25, -0.2) is 18.3 Å². The van der Waals surface area contributed by atoms with Crippen LogP contribution in [0.25, 0.3) is 21.9 Å². The third-order valence-electron chi connectivity index (χ3n) is 7.41. The number of aliphatic hydroxyl groups is 1. The molecule has 3 heterocycles. The Kier molecular flexibility index (Phi) is 9.20. The highest BCUT2D eigenvalue weighted by atomic mass is 31.2. The minimum absolute atomic E-state index is 0.00214. The Balaban J connectivity index is 1.44. The lowest BCUT2D eigenvalue weighted by atomic mass is 9.97. The number of imidazole rings is 1. The lowest BCUT2D eigenvalue weighted by Crippen LogP contribution is -2.47. The van der Waals surface area contributed by atoms with Gasteiger partial charge in [-0.15, -0.1) is 0 Å². The third kappa shape index (κ3) is 7.02. The number of aromatic nitrogens is 4. The van der Waals surface area contributed by atoms with Gasteiger partial charge in [0.2, 0.25) is 5.95 Å². The van der Waals surface area contributed by atoms with Gasteiger partial charge in [-0.3, -0.25) is 13.9 Å². The summed E-state index contributed by atoms with van der Waals surface area (Å²) in [6.07, 6.45) is -3.14. The fraction of sp³-hybridized carbons (Fsp3) is 0.467. The summed E-state index contributed by atoms with van der Waals surface area (Å²) in [5.41, 5.74) is 2.85. The standard InChI is InChI=1S/C30H38F2N7O7P/c1-17(24(40)43-14-28(2,3)4)38-47(42,46-20-13-9-11-18-10-7-8-12-19(18)20)44-15-30(32)25(41)29(5,31)26(45-30)39-16-35-21-22(34-6)36-27(33)37-23(21)39/h7-13,16-17,25-26,41H,14-15H2,1-6H3,(H,38,42)(H3,33,34,36,37)/t17-,25+,26-,29-,30-,47+/m1/s1. The number of esters is 1. The second-order valence-electron chi connectivity index (χ2n) is 12.7. The normalized spacial score (nSPS) is 25.0. The molecule has 6 atom stereocenters. The van der Waals surface area contributed by atoms with Crippen molar-refractivity contribution in [3.05, 3.63) is 48.8 Å². The van der Waals surface area contributed by atoms with Crippen molar-refractivity contribution in [2.45, 2.75) is 64.5 Å². The zero-order valence-corrected chi connectivity index (χ0v) is 27.6. The molecule has 4 aromatic rings. The van der Waals surface area contributed by atoms with Gasteiger partial charge in [-0.1, -0.05) is 57.2 Å². The Morgan fingerprint density at radius 3 is 2.62 bits per heavy atom. The summed E-state index contributed by atoms with van der Waals surface area (Å²) in [7, 11) is -3.12. The number of halogens is 2. The number of carbonyl (C=O) groups is 1. The number of aliphatic hydroxyl groups excluding tert-OH is 1. The zero-order chi connectivity index (χ0) is 34.4. The van der Waals surface area contributed by atoms with Crippen molar-refractivity contribution in [2.75, 3.05) is 31.3 Å². The second kappa shape index (κ2) is 12.6. The molecule has 5 N–H and O–H groups in total.